The number of rotatable bonds is 6. The molecule has 6 nitrogen and oxygen atoms in total. The summed E-state index contributed by atoms with van der Waals surface area (Å²) in [5.41, 5.74) is 2.55. The van der Waals surface area contributed by atoms with E-state index >= 15 is 0 Å². The summed E-state index contributed by atoms with van der Waals surface area (Å²) in [7, 11) is 1.67. The third-order valence-corrected chi connectivity index (χ3v) is 6.30. The molecule has 2 fully saturated rings. The highest BCUT2D eigenvalue weighted by Gasteiger charge is 2.34. The Hall–Kier alpha value is -3.02. The number of methoxy groups -OCH3 is 1. The Morgan fingerprint density at radius 2 is 1.77 bits per heavy atom. The van der Waals surface area contributed by atoms with E-state index in [9.17, 15) is 9.59 Å². The van der Waals surface area contributed by atoms with E-state index in [0.717, 1.165) is 24.3 Å². The molecule has 0 unspecified atom stereocenters. The summed E-state index contributed by atoms with van der Waals surface area (Å²) in [5.74, 6) is 0.750. The first-order valence-corrected chi connectivity index (χ1v) is 10.6. The van der Waals surface area contributed by atoms with E-state index in [-0.39, 0.29) is 17.4 Å². The molecule has 0 radical (unpaired) electrons. The van der Waals surface area contributed by atoms with Gasteiger partial charge in [-0.15, -0.1) is 0 Å². The summed E-state index contributed by atoms with van der Waals surface area (Å²) < 4.78 is 10.3. The minimum Gasteiger partial charge on any atom is -0.497 e. The van der Waals surface area contributed by atoms with Crippen LogP contribution in [0.15, 0.2) is 48.5 Å². The van der Waals surface area contributed by atoms with E-state index in [1.54, 1.807) is 36.3 Å². The zero-order chi connectivity index (χ0) is 21.0. The van der Waals surface area contributed by atoms with Gasteiger partial charge in [-0.25, -0.2) is 4.79 Å². The van der Waals surface area contributed by atoms with Crippen LogP contribution in [0.25, 0.3) is 0 Å². The molecule has 2 aromatic rings. The van der Waals surface area contributed by atoms with Gasteiger partial charge >= 0.3 is 6.09 Å². The monoisotopic (exact) mass is 408 g/mol. The van der Waals surface area contributed by atoms with E-state index in [0.29, 0.717) is 25.3 Å². The number of nitrogens with one attached hydrogen (secondary N) is 1. The highest BCUT2D eigenvalue weighted by atomic mass is 16.6. The summed E-state index contributed by atoms with van der Waals surface area (Å²) in [5, 5.41) is 3.16. The summed E-state index contributed by atoms with van der Waals surface area (Å²) in [6, 6.07) is 15.3. The van der Waals surface area contributed by atoms with Gasteiger partial charge in [0.05, 0.1) is 13.7 Å². The molecule has 0 spiro atoms. The topological polar surface area (TPSA) is 67.9 Å². The maximum Gasteiger partial charge on any atom is 0.414 e. The molecular weight excluding hydrogens is 380 g/mol. The molecule has 2 aliphatic rings. The molecule has 158 valence electrons. The molecule has 2 aromatic carbocycles. The first kappa shape index (κ1) is 20.3. The Bertz CT molecular complexity index is 886. The van der Waals surface area contributed by atoms with Gasteiger partial charge in [0.25, 0.3) is 5.91 Å². The average molecular weight is 408 g/mol. The van der Waals surface area contributed by atoms with Crippen LogP contribution >= 0.6 is 0 Å². The van der Waals surface area contributed by atoms with Gasteiger partial charge in [-0.1, -0.05) is 31.4 Å². The highest BCUT2D eigenvalue weighted by molar-refractivity contribution is 5.95. The number of carbonyl (C=O) groups excluding carboxylic acids is 2. The standard InChI is InChI=1S/C24H28N2O4/c1-29-21-11-7-19(8-12-21)24(13-3-2-4-14-24)17-25-22(27)18-5-9-20(10-6-18)26-15-16-30-23(26)28/h5-12H,2-4,13-17H2,1H3,(H,25,27). The Kier molecular flexibility index (Phi) is 5.93. The Labute approximate surface area is 177 Å². The van der Waals surface area contributed by atoms with E-state index in [4.69, 9.17) is 9.47 Å². The fourth-order valence-corrected chi connectivity index (χ4v) is 4.51. The van der Waals surface area contributed by atoms with Gasteiger partial charge < -0.3 is 14.8 Å². The number of nitrogens with zero attached hydrogens (tertiary/aromatic N) is 1. The molecule has 0 aromatic heterocycles. The predicted molar refractivity (Wildman–Crippen MR) is 115 cm³/mol. The minimum absolute atomic E-state index is 0.0422. The smallest absolute Gasteiger partial charge is 0.414 e. The third kappa shape index (κ3) is 4.13. The normalized spacial score (nSPS) is 18.0. The van der Waals surface area contributed by atoms with Gasteiger partial charge in [0, 0.05) is 23.2 Å². The first-order chi connectivity index (χ1) is 14.6. The van der Waals surface area contributed by atoms with E-state index in [2.05, 4.69) is 17.4 Å². The second-order valence-electron chi connectivity index (χ2n) is 8.07. The van der Waals surface area contributed by atoms with Crippen LogP contribution in [0, 0.1) is 0 Å². The molecule has 2 amide bonds. The number of anilines is 1. The van der Waals surface area contributed by atoms with Crippen molar-refractivity contribution in [3.8, 4) is 5.75 Å². The van der Waals surface area contributed by atoms with Gasteiger partial charge in [0.2, 0.25) is 0 Å². The van der Waals surface area contributed by atoms with Crippen LogP contribution < -0.4 is 15.0 Å². The Morgan fingerprint density at radius 1 is 1.07 bits per heavy atom. The van der Waals surface area contributed by atoms with Crippen molar-refractivity contribution in [3.63, 3.8) is 0 Å². The lowest BCUT2D eigenvalue weighted by molar-refractivity contribution is 0.0936. The van der Waals surface area contributed by atoms with Crippen LogP contribution in [0.3, 0.4) is 0 Å². The fourth-order valence-electron chi connectivity index (χ4n) is 4.51. The number of cyclic esters (lactones) is 1. The maximum absolute atomic E-state index is 12.8. The van der Waals surface area contributed by atoms with E-state index < -0.39 is 0 Å². The van der Waals surface area contributed by atoms with Crippen LogP contribution in [0.4, 0.5) is 10.5 Å². The lowest BCUT2D eigenvalue weighted by Gasteiger charge is -2.38. The van der Waals surface area contributed by atoms with Crippen molar-refractivity contribution in [2.45, 2.75) is 37.5 Å². The lowest BCUT2D eigenvalue weighted by Crippen LogP contribution is -2.42. The Morgan fingerprint density at radius 3 is 2.37 bits per heavy atom. The van der Waals surface area contributed by atoms with Gasteiger partial charge in [-0.2, -0.15) is 0 Å². The predicted octanol–water partition coefficient (Wildman–Crippen LogP) is 4.28. The SMILES string of the molecule is COc1ccc(C2(CNC(=O)c3ccc(N4CCOC4=O)cc3)CCCCC2)cc1. The van der Waals surface area contributed by atoms with Crippen molar-refractivity contribution in [3.05, 3.63) is 59.7 Å². The second kappa shape index (κ2) is 8.78. The number of carbonyl (C=O) groups is 2. The van der Waals surface area contributed by atoms with Crippen molar-refractivity contribution >= 4 is 17.7 Å². The second-order valence-corrected chi connectivity index (χ2v) is 8.07. The third-order valence-electron chi connectivity index (χ3n) is 6.30. The lowest BCUT2D eigenvalue weighted by atomic mass is 9.69. The molecule has 1 heterocycles. The number of hydrogen-bond donors (Lipinski definition) is 1. The molecule has 1 N–H and O–H groups in total. The summed E-state index contributed by atoms with van der Waals surface area (Å²) >= 11 is 0. The van der Waals surface area contributed by atoms with Gasteiger partial charge in [-0.05, 0) is 54.8 Å². The van der Waals surface area contributed by atoms with Gasteiger partial charge in [-0.3, -0.25) is 9.69 Å². The quantitative estimate of drug-likeness (QED) is 0.775. The van der Waals surface area contributed by atoms with Crippen LogP contribution in [-0.4, -0.2) is 38.8 Å². The van der Waals surface area contributed by atoms with Gasteiger partial charge in [0.1, 0.15) is 12.4 Å². The number of ether oxygens (including phenoxy) is 2. The van der Waals surface area contributed by atoms with Crippen LogP contribution in [0.2, 0.25) is 0 Å². The summed E-state index contributed by atoms with van der Waals surface area (Å²) in [6.45, 7) is 1.54. The van der Waals surface area contributed by atoms with Crippen LogP contribution in [0.5, 0.6) is 5.75 Å². The minimum atomic E-state index is -0.342. The maximum atomic E-state index is 12.8. The van der Waals surface area contributed by atoms with Crippen molar-refractivity contribution in [2.24, 2.45) is 0 Å². The molecule has 4 rings (SSSR count). The molecule has 30 heavy (non-hydrogen) atoms. The van der Waals surface area contributed by atoms with Crippen molar-refractivity contribution in [1.29, 1.82) is 0 Å². The van der Waals surface area contributed by atoms with E-state index in [1.165, 1.54) is 24.8 Å². The van der Waals surface area contributed by atoms with Crippen molar-refractivity contribution in [2.75, 3.05) is 31.7 Å². The zero-order valence-corrected chi connectivity index (χ0v) is 17.4. The van der Waals surface area contributed by atoms with Crippen molar-refractivity contribution < 1.29 is 19.1 Å². The number of hydrogen-bond acceptors (Lipinski definition) is 4. The van der Waals surface area contributed by atoms with E-state index in [1.807, 2.05) is 12.1 Å². The zero-order valence-electron chi connectivity index (χ0n) is 17.4. The highest BCUT2D eigenvalue weighted by Crippen LogP contribution is 2.39. The molecule has 0 atom stereocenters. The molecule has 1 saturated heterocycles. The molecule has 6 heteroatoms. The first-order valence-electron chi connectivity index (χ1n) is 10.6. The number of amides is 2. The summed E-state index contributed by atoms with van der Waals surface area (Å²) in [6.07, 6.45) is 5.37. The Balaban J connectivity index is 1.45. The molecule has 1 saturated carbocycles. The summed E-state index contributed by atoms with van der Waals surface area (Å²) in [4.78, 5) is 26.1. The average Bonchev–Trinajstić information content (AvgIpc) is 3.24. The molecule has 1 aliphatic carbocycles. The van der Waals surface area contributed by atoms with Crippen molar-refractivity contribution in [1.82, 2.24) is 5.32 Å². The molecule has 1 aliphatic heterocycles. The largest absolute Gasteiger partial charge is 0.497 e. The fraction of sp³-hybridized carbons (Fsp3) is 0.417. The van der Waals surface area contributed by atoms with Crippen LogP contribution in [0.1, 0.15) is 48.0 Å². The van der Waals surface area contributed by atoms with Gasteiger partial charge in [0.15, 0.2) is 0 Å². The van der Waals surface area contributed by atoms with Crippen LogP contribution in [-0.2, 0) is 10.2 Å². The molecule has 0 bridgehead atoms. The number of benzene rings is 2. The molecular formula is C24H28N2O4.